The predicted octanol–water partition coefficient (Wildman–Crippen LogP) is 4.14. The van der Waals surface area contributed by atoms with Crippen molar-refractivity contribution in [3.8, 4) is 11.3 Å². The fourth-order valence-corrected chi connectivity index (χ4v) is 4.32. The average molecular weight is 397 g/mol. The van der Waals surface area contributed by atoms with Crippen LogP contribution in [0.15, 0.2) is 41.1 Å². The molecule has 4 rings (SSSR count). The van der Waals surface area contributed by atoms with Gasteiger partial charge in [0.25, 0.3) is 0 Å². The van der Waals surface area contributed by atoms with Gasteiger partial charge in [0.1, 0.15) is 0 Å². The third-order valence-electron chi connectivity index (χ3n) is 4.97. The molecule has 0 spiro atoms. The molecule has 0 atom stereocenters. The predicted molar refractivity (Wildman–Crippen MR) is 111 cm³/mol. The number of rotatable bonds is 6. The van der Waals surface area contributed by atoms with Crippen LogP contribution in [0.2, 0.25) is 0 Å². The summed E-state index contributed by atoms with van der Waals surface area (Å²) in [5.41, 5.74) is 2.19. The lowest BCUT2D eigenvalue weighted by atomic mass is 9.97. The molecule has 2 aromatic heterocycles. The van der Waals surface area contributed by atoms with Gasteiger partial charge in [0.15, 0.2) is 16.8 Å². The Labute approximate surface area is 168 Å². The summed E-state index contributed by atoms with van der Waals surface area (Å²) in [6.07, 6.45) is 6.65. The summed E-state index contributed by atoms with van der Waals surface area (Å²) in [6, 6.07) is 8.09. The van der Waals surface area contributed by atoms with Gasteiger partial charge >= 0.3 is 0 Å². The summed E-state index contributed by atoms with van der Waals surface area (Å²) >= 11 is 1.58. The highest BCUT2D eigenvalue weighted by atomic mass is 32.1. The lowest BCUT2D eigenvalue weighted by molar-refractivity contribution is -0.116. The molecule has 0 saturated carbocycles. The molecule has 1 amide bonds. The fourth-order valence-electron chi connectivity index (χ4n) is 3.32. The summed E-state index contributed by atoms with van der Waals surface area (Å²) in [5, 5.41) is 6.94. The van der Waals surface area contributed by atoms with E-state index >= 15 is 0 Å². The molecule has 146 valence electrons. The Morgan fingerprint density at radius 2 is 2.00 bits per heavy atom. The number of hydrogen-bond donors (Lipinski definition) is 2. The molecule has 3 heterocycles. The van der Waals surface area contributed by atoms with Crippen LogP contribution in [0.25, 0.3) is 11.3 Å². The minimum Gasteiger partial charge on any atom is -0.441 e. The second-order valence-corrected chi connectivity index (χ2v) is 8.19. The molecule has 28 heavy (non-hydrogen) atoms. The van der Waals surface area contributed by atoms with Crippen LogP contribution in [0, 0.1) is 6.92 Å². The monoisotopic (exact) mass is 396 g/mol. The molecule has 1 aliphatic rings. The van der Waals surface area contributed by atoms with Crippen molar-refractivity contribution in [1.29, 1.82) is 0 Å². The summed E-state index contributed by atoms with van der Waals surface area (Å²) in [7, 11) is 0. The number of amides is 1. The molecule has 0 unspecified atom stereocenters. The molecule has 2 N–H and O–H groups in total. The number of carbonyl (C=O) groups excluding carboxylic acids is 1. The lowest BCUT2D eigenvalue weighted by Gasteiger charge is -2.20. The number of aryl methyl sites for hydroxylation is 2. The molecule has 0 bridgehead atoms. The molecule has 3 aromatic rings. The number of nitrogens with one attached hydrogen (secondary N) is 2. The Hall–Kier alpha value is -2.51. The summed E-state index contributed by atoms with van der Waals surface area (Å²) in [6.45, 7) is 4.14. The third kappa shape index (κ3) is 4.66. The van der Waals surface area contributed by atoms with Gasteiger partial charge in [0.2, 0.25) is 5.91 Å². The summed E-state index contributed by atoms with van der Waals surface area (Å²) in [4.78, 5) is 22.2. The minimum atomic E-state index is -0.0682. The molecular formula is C21H24N4O2S. The van der Waals surface area contributed by atoms with Gasteiger partial charge in [-0.1, -0.05) is 29.8 Å². The van der Waals surface area contributed by atoms with E-state index in [2.05, 4.69) is 20.6 Å². The molecule has 1 saturated heterocycles. The van der Waals surface area contributed by atoms with Gasteiger partial charge < -0.3 is 15.1 Å². The molecule has 0 aliphatic carbocycles. The average Bonchev–Trinajstić information content (AvgIpc) is 3.37. The number of piperidine rings is 1. The number of anilines is 1. The van der Waals surface area contributed by atoms with E-state index in [4.69, 9.17) is 4.42 Å². The quantitative estimate of drug-likeness (QED) is 0.654. The van der Waals surface area contributed by atoms with E-state index < -0.39 is 0 Å². The maximum Gasteiger partial charge on any atom is 0.226 e. The van der Waals surface area contributed by atoms with Crippen molar-refractivity contribution in [1.82, 2.24) is 15.3 Å². The Morgan fingerprint density at radius 1 is 1.21 bits per heavy atom. The number of hydrogen-bond acceptors (Lipinski definition) is 6. The van der Waals surface area contributed by atoms with Crippen LogP contribution in [0.1, 0.15) is 41.5 Å². The number of oxazole rings is 1. The number of aromatic nitrogens is 2. The van der Waals surface area contributed by atoms with Gasteiger partial charge in [-0.2, -0.15) is 0 Å². The third-order valence-corrected chi connectivity index (χ3v) is 6.04. The van der Waals surface area contributed by atoms with Crippen molar-refractivity contribution >= 4 is 22.4 Å². The largest absolute Gasteiger partial charge is 0.441 e. The zero-order valence-electron chi connectivity index (χ0n) is 15.9. The summed E-state index contributed by atoms with van der Waals surface area (Å²) < 4.78 is 5.78. The molecule has 1 aliphatic heterocycles. The lowest BCUT2D eigenvalue weighted by Crippen LogP contribution is -2.26. The Morgan fingerprint density at radius 3 is 2.79 bits per heavy atom. The van der Waals surface area contributed by atoms with Crippen LogP contribution in [-0.4, -0.2) is 29.0 Å². The molecule has 1 aromatic carbocycles. The van der Waals surface area contributed by atoms with E-state index in [9.17, 15) is 4.79 Å². The van der Waals surface area contributed by atoms with Crippen molar-refractivity contribution in [2.24, 2.45) is 0 Å². The van der Waals surface area contributed by atoms with Gasteiger partial charge in [-0.25, -0.2) is 9.97 Å². The van der Waals surface area contributed by atoms with Crippen LogP contribution in [0.4, 0.5) is 5.13 Å². The van der Waals surface area contributed by atoms with Gasteiger partial charge in [0.05, 0.1) is 6.20 Å². The number of nitrogens with zero attached hydrogens (tertiary/aromatic N) is 2. The molecule has 6 nitrogen and oxygen atoms in total. The number of thiazole rings is 1. The van der Waals surface area contributed by atoms with E-state index in [1.165, 1.54) is 10.4 Å². The van der Waals surface area contributed by atoms with E-state index in [1.54, 1.807) is 17.5 Å². The van der Waals surface area contributed by atoms with Crippen LogP contribution < -0.4 is 10.6 Å². The summed E-state index contributed by atoms with van der Waals surface area (Å²) in [5.74, 6) is 1.78. The van der Waals surface area contributed by atoms with Crippen LogP contribution >= 0.6 is 11.3 Å². The zero-order valence-corrected chi connectivity index (χ0v) is 16.7. The van der Waals surface area contributed by atoms with Crippen LogP contribution in [-0.2, 0) is 11.2 Å². The second-order valence-electron chi connectivity index (χ2n) is 7.12. The van der Waals surface area contributed by atoms with Crippen LogP contribution in [0.5, 0.6) is 0 Å². The first-order valence-electron chi connectivity index (χ1n) is 9.65. The maximum absolute atomic E-state index is 12.3. The topological polar surface area (TPSA) is 80.0 Å². The normalized spacial score (nSPS) is 14.9. The van der Waals surface area contributed by atoms with Gasteiger partial charge in [-0.05, 0) is 38.8 Å². The first-order chi connectivity index (χ1) is 13.7. The van der Waals surface area contributed by atoms with Crippen molar-refractivity contribution in [2.75, 3.05) is 18.4 Å². The highest BCUT2D eigenvalue weighted by Crippen LogP contribution is 2.31. The molecule has 7 heteroatoms. The first-order valence-corrected chi connectivity index (χ1v) is 10.5. The van der Waals surface area contributed by atoms with E-state index in [-0.39, 0.29) is 5.91 Å². The second kappa shape index (κ2) is 8.67. The standard InChI is InChI=1S/C21H24N4O2S/c1-14-2-4-15(5-3-14)17-12-23-20(27-17)7-6-19(26)25-21-24-13-18(28-21)16-8-10-22-11-9-16/h2-5,12-13,16,22H,6-11H2,1H3,(H,24,25,26). The van der Waals surface area contributed by atoms with Crippen LogP contribution in [0.3, 0.4) is 0 Å². The SMILES string of the molecule is Cc1ccc(-c2cnc(CCC(=O)Nc3ncc(C4CCNCC4)s3)o2)cc1. The van der Waals surface area contributed by atoms with Gasteiger partial charge in [0, 0.05) is 29.5 Å². The molecular weight excluding hydrogens is 372 g/mol. The van der Waals surface area contributed by atoms with Crippen molar-refractivity contribution in [2.45, 2.75) is 38.5 Å². The van der Waals surface area contributed by atoms with Crippen molar-refractivity contribution in [3.05, 3.63) is 53.0 Å². The first kappa shape index (κ1) is 18.8. The van der Waals surface area contributed by atoms with Crippen molar-refractivity contribution < 1.29 is 9.21 Å². The minimum absolute atomic E-state index is 0.0682. The fraction of sp³-hybridized carbons (Fsp3) is 0.381. The Bertz CT molecular complexity index is 926. The smallest absolute Gasteiger partial charge is 0.226 e. The number of carbonyl (C=O) groups is 1. The van der Waals surface area contributed by atoms with Crippen molar-refractivity contribution in [3.63, 3.8) is 0 Å². The van der Waals surface area contributed by atoms with E-state index in [0.29, 0.717) is 29.8 Å². The Balaban J connectivity index is 1.29. The molecule has 0 radical (unpaired) electrons. The van der Waals surface area contributed by atoms with Gasteiger partial charge in [-0.3, -0.25) is 4.79 Å². The maximum atomic E-state index is 12.3. The highest BCUT2D eigenvalue weighted by molar-refractivity contribution is 7.15. The van der Waals surface area contributed by atoms with Gasteiger partial charge in [-0.15, -0.1) is 11.3 Å². The Kier molecular flexibility index (Phi) is 5.83. The van der Waals surface area contributed by atoms with E-state index in [1.807, 2.05) is 37.4 Å². The zero-order chi connectivity index (χ0) is 19.3. The van der Waals surface area contributed by atoms with E-state index in [0.717, 1.165) is 37.3 Å². The highest BCUT2D eigenvalue weighted by Gasteiger charge is 2.18. The number of benzene rings is 1. The molecule has 1 fully saturated rings.